The number of alkyl halides is 1. The van der Waals surface area contributed by atoms with E-state index in [-0.39, 0.29) is 0 Å². The Kier molecular flexibility index (Phi) is 5.10. The zero-order valence-electron chi connectivity index (χ0n) is 11.1. The molecule has 1 saturated heterocycles. The molecule has 0 aromatic carbocycles. The summed E-state index contributed by atoms with van der Waals surface area (Å²) in [6.07, 6.45) is 5.15. The second-order valence-electron chi connectivity index (χ2n) is 5.07. The van der Waals surface area contributed by atoms with Gasteiger partial charge in [-0.05, 0) is 39.2 Å². The van der Waals surface area contributed by atoms with E-state index < -0.39 is 0 Å². The quantitative estimate of drug-likeness (QED) is 0.768. The zero-order valence-corrected chi connectivity index (χ0v) is 13.5. The summed E-state index contributed by atoms with van der Waals surface area (Å²) >= 11 is 9.84. The molecule has 1 fully saturated rings. The van der Waals surface area contributed by atoms with E-state index in [1.165, 1.54) is 32.2 Å². The lowest BCUT2D eigenvalue weighted by atomic mass is 10.1. The molecular weight excluding hydrogens is 314 g/mol. The molecule has 18 heavy (non-hydrogen) atoms. The van der Waals surface area contributed by atoms with Gasteiger partial charge in [0.1, 0.15) is 0 Å². The van der Waals surface area contributed by atoms with Crippen LogP contribution in [0.2, 0.25) is 5.02 Å². The van der Waals surface area contributed by atoms with E-state index in [0.29, 0.717) is 6.04 Å². The maximum atomic E-state index is 6.33. The van der Waals surface area contributed by atoms with E-state index in [1.807, 2.05) is 18.7 Å². The van der Waals surface area contributed by atoms with Gasteiger partial charge in [0.05, 0.1) is 16.4 Å². The molecule has 1 aromatic heterocycles. The molecular formula is C13H21BrClN3. The largest absolute Gasteiger partial charge is 0.295 e. The van der Waals surface area contributed by atoms with E-state index in [2.05, 4.69) is 25.9 Å². The van der Waals surface area contributed by atoms with E-state index >= 15 is 0 Å². The number of aryl methyl sites for hydroxylation is 2. The van der Waals surface area contributed by atoms with Crippen LogP contribution in [0.15, 0.2) is 0 Å². The molecule has 0 amide bonds. The highest BCUT2D eigenvalue weighted by molar-refractivity contribution is 9.09. The highest BCUT2D eigenvalue weighted by atomic mass is 79.9. The molecule has 0 N–H and O–H groups in total. The Labute approximate surface area is 123 Å². The van der Waals surface area contributed by atoms with Crippen molar-refractivity contribution >= 4 is 27.5 Å². The molecule has 0 radical (unpaired) electrons. The first-order valence-electron chi connectivity index (χ1n) is 6.61. The number of halogens is 2. The lowest BCUT2D eigenvalue weighted by Crippen LogP contribution is -2.29. The Morgan fingerprint density at radius 3 is 2.89 bits per heavy atom. The van der Waals surface area contributed by atoms with Crippen LogP contribution >= 0.6 is 27.5 Å². The van der Waals surface area contributed by atoms with Crippen LogP contribution in [0.5, 0.6) is 0 Å². The van der Waals surface area contributed by atoms with Crippen LogP contribution in [0.4, 0.5) is 0 Å². The van der Waals surface area contributed by atoms with Crippen LogP contribution in [-0.4, -0.2) is 32.6 Å². The number of nitrogens with zero attached hydrogens (tertiary/aromatic N) is 3. The fourth-order valence-corrected chi connectivity index (χ4v) is 3.33. The first-order valence-corrected chi connectivity index (χ1v) is 8.11. The topological polar surface area (TPSA) is 21.1 Å². The molecule has 5 heteroatoms. The Balaban J connectivity index is 2.03. The van der Waals surface area contributed by atoms with Gasteiger partial charge in [-0.25, -0.2) is 0 Å². The van der Waals surface area contributed by atoms with Gasteiger partial charge in [-0.2, -0.15) is 5.10 Å². The summed E-state index contributed by atoms with van der Waals surface area (Å²) in [5, 5.41) is 6.33. The van der Waals surface area contributed by atoms with Crippen LogP contribution in [0.25, 0.3) is 0 Å². The smallest absolute Gasteiger partial charge is 0.0860 e. The summed E-state index contributed by atoms with van der Waals surface area (Å²) < 4.78 is 1.93. The number of hydrogen-bond donors (Lipinski definition) is 0. The van der Waals surface area contributed by atoms with Gasteiger partial charge in [0, 0.05) is 25.0 Å². The molecule has 0 saturated carbocycles. The predicted octanol–water partition coefficient (Wildman–Crippen LogP) is 3.52. The van der Waals surface area contributed by atoms with Crippen LogP contribution in [0.3, 0.4) is 0 Å². The fraction of sp³-hybridized carbons (Fsp3) is 0.769. The number of aromatic nitrogens is 2. The monoisotopic (exact) mass is 333 g/mol. The van der Waals surface area contributed by atoms with Crippen LogP contribution < -0.4 is 0 Å². The third-order valence-corrected chi connectivity index (χ3v) is 4.84. The summed E-state index contributed by atoms with van der Waals surface area (Å²) in [6.45, 7) is 4.09. The summed E-state index contributed by atoms with van der Waals surface area (Å²) in [5.74, 6) is 0. The summed E-state index contributed by atoms with van der Waals surface area (Å²) in [6, 6.07) is 0.717. The minimum absolute atomic E-state index is 0.717. The Bertz CT molecular complexity index is 405. The highest BCUT2D eigenvalue weighted by Crippen LogP contribution is 2.27. The number of likely N-dealkylation sites (tertiary alicyclic amines) is 1. The van der Waals surface area contributed by atoms with Gasteiger partial charge < -0.3 is 0 Å². The predicted molar refractivity (Wildman–Crippen MR) is 79.4 cm³/mol. The van der Waals surface area contributed by atoms with E-state index in [4.69, 9.17) is 11.6 Å². The second-order valence-corrected chi connectivity index (χ2v) is 6.24. The normalized spacial score (nSPS) is 20.8. The molecule has 1 aromatic rings. The number of hydrogen-bond acceptors (Lipinski definition) is 2. The Morgan fingerprint density at radius 1 is 1.50 bits per heavy atom. The molecule has 2 heterocycles. The molecule has 1 unspecified atom stereocenters. The lowest BCUT2D eigenvalue weighted by molar-refractivity contribution is 0.228. The van der Waals surface area contributed by atoms with E-state index in [0.717, 1.165) is 28.3 Å². The Morgan fingerprint density at radius 2 is 2.28 bits per heavy atom. The first kappa shape index (κ1) is 14.4. The maximum absolute atomic E-state index is 6.33. The van der Waals surface area contributed by atoms with Crippen molar-refractivity contribution in [2.45, 2.75) is 45.2 Å². The second kappa shape index (κ2) is 6.40. The molecule has 102 valence electrons. The van der Waals surface area contributed by atoms with Gasteiger partial charge in [-0.3, -0.25) is 9.58 Å². The van der Waals surface area contributed by atoms with Gasteiger partial charge in [-0.15, -0.1) is 0 Å². The molecule has 0 bridgehead atoms. The number of rotatable bonds is 5. The lowest BCUT2D eigenvalue weighted by Gasteiger charge is -2.24. The van der Waals surface area contributed by atoms with Crippen molar-refractivity contribution in [2.75, 3.05) is 11.9 Å². The van der Waals surface area contributed by atoms with Crippen molar-refractivity contribution in [3.05, 3.63) is 16.4 Å². The van der Waals surface area contributed by atoms with Crippen molar-refractivity contribution in [3.8, 4) is 0 Å². The average Bonchev–Trinajstić information content (AvgIpc) is 2.87. The SMILES string of the molecule is Cc1nn(C)c(CN2CCCC2CCCBr)c1Cl. The first-order chi connectivity index (χ1) is 8.63. The molecule has 0 spiro atoms. The molecule has 1 atom stereocenters. The third-order valence-electron chi connectivity index (χ3n) is 3.78. The van der Waals surface area contributed by atoms with Gasteiger partial charge in [0.2, 0.25) is 0 Å². The Hall–Kier alpha value is -0.0600. The van der Waals surface area contributed by atoms with Crippen LogP contribution in [0, 0.1) is 6.92 Å². The molecule has 1 aliphatic rings. The fourth-order valence-electron chi connectivity index (χ4n) is 2.79. The summed E-state index contributed by atoms with van der Waals surface area (Å²) in [5.41, 5.74) is 2.09. The van der Waals surface area contributed by atoms with Crippen molar-refractivity contribution in [1.82, 2.24) is 14.7 Å². The van der Waals surface area contributed by atoms with Gasteiger partial charge in [0.15, 0.2) is 0 Å². The van der Waals surface area contributed by atoms with Gasteiger partial charge in [0.25, 0.3) is 0 Å². The highest BCUT2D eigenvalue weighted by Gasteiger charge is 2.26. The van der Waals surface area contributed by atoms with Crippen molar-refractivity contribution in [1.29, 1.82) is 0 Å². The van der Waals surface area contributed by atoms with Crippen LogP contribution in [-0.2, 0) is 13.6 Å². The van der Waals surface area contributed by atoms with Crippen molar-refractivity contribution < 1.29 is 0 Å². The standard InChI is InChI=1S/C13H21BrClN3/c1-10-13(15)12(17(2)16-10)9-18-8-4-6-11(18)5-3-7-14/h11H,3-9H2,1-2H3. The van der Waals surface area contributed by atoms with Crippen LogP contribution in [0.1, 0.15) is 37.1 Å². The van der Waals surface area contributed by atoms with E-state index in [9.17, 15) is 0 Å². The minimum Gasteiger partial charge on any atom is -0.295 e. The van der Waals surface area contributed by atoms with Gasteiger partial charge >= 0.3 is 0 Å². The van der Waals surface area contributed by atoms with Crippen molar-refractivity contribution in [2.24, 2.45) is 7.05 Å². The summed E-state index contributed by atoms with van der Waals surface area (Å²) in [4.78, 5) is 2.56. The molecule has 1 aliphatic heterocycles. The molecule has 0 aliphatic carbocycles. The molecule has 3 nitrogen and oxygen atoms in total. The average molecular weight is 335 g/mol. The van der Waals surface area contributed by atoms with Gasteiger partial charge in [-0.1, -0.05) is 27.5 Å². The molecule has 2 rings (SSSR count). The van der Waals surface area contributed by atoms with E-state index in [1.54, 1.807) is 0 Å². The maximum Gasteiger partial charge on any atom is 0.0860 e. The summed E-state index contributed by atoms with van der Waals surface area (Å²) in [7, 11) is 1.98. The zero-order chi connectivity index (χ0) is 13.1. The van der Waals surface area contributed by atoms with Crippen molar-refractivity contribution in [3.63, 3.8) is 0 Å². The minimum atomic E-state index is 0.717. The third kappa shape index (κ3) is 3.09.